The Balaban J connectivity index is 1.73. The standard InChI is InChI=1S/C16H22N2O4S/c1-11-5-3-6-12(2)18(11)14(19)10-22-15(20)9-17-16(21)13-7-4-8-23-13/h4,7-8,11-12H,3,5-6,9-10H2,1-2H3,(H,17,21)/t11-,12-/m0/s1. The van der Waals surface area contributed by atoms with Crippen LogP contribution in [0.3, 0.4) is 0 Å². The van der Waals surface area contributed by atoms with Gasteiger partial charge in [-0.3, -0.25) is 14.4 Å². The van der Waals surface area contributed by atoms with Gasteiger partial charge in [0.05, 0.1) is 4.88 Å². The maximum atomic E-state index is 12.2. The van der Waals surface area contributed by atoms with Gasteiger partial charge < -0.3 is 15.0 Å². The number of hydrogen-bond donors (Lipinski definition) is 1. The summed E-state index contributed by atoms with van der Waals surface area (Å²) in [6, 6.07) is 3.78. The Kier molecular flexibility index (Phi) is 6.15. The molecule has 7 heteroatoms. The van der Waals surface area contributed by atoms with E-state index < -0.39 is 5.97 Å². The first-order valence-electron chi connectivity index (χ1n) is 7.77. The fourth-order valence-corrected chi connectivity index (χ4v) is 3.47. The van der Waals surface area contributed by atoms with Gasteiger partial charge in [-0.25, -0.2) is 0 Å². The molecule has 0 unspecified atom stereocenters. The van der Waals surface area contributed by atoms with Gasteiger partial charge >= 0.3 is 5.97 Å². The summed E-state index contributed by atoms with van der Waals surface area (Å²) in [4.78, 5) is 37.9. The number of ether oxygens (including phenoxy) is 1. The third kappa shape index (κ3) is 4.79. The van der Waals surface area contributed by atoms with E-state index in [-0.39, 0.29) is 37.0 Å². The van der Waals surface area contributed by atoms with Crippen LogP contribution in [0.1, 0.15) is 42.8 Å². The van der Waals surface area contributed by atoms with Crippen molar-refractivity contribution < 1.29 is 19.1 Å². The number of carbonyl (C=O) groups is 3. The molecule has 0 aromatic carbocycles. The molecule has 0 spiro atoms. The smallest absolute Gasteiger partial charge is 0.325 e. The Hall–Kier alpha value is -1.89. The molecule has 0 radical (unpaired) electrons. The van der Waals surface area contributed by atoms with Crippen LogP contribution in [0, 0.1) is 0 Å². The number of carbonyl (C=O) groups excluding carboxylic acids is 3. The highest BCUT2D eigenvalue weighted by atomic mass is 32.1. The lowest BCUT2D eigenvalue weighted by Crippen LogP contribution is -2.49. The second kappa shape index (κ2) is 8.10. The molecule has 2 heterocycles. The molecule has 1 saturated heterocycles. The summed E-state index contributed by atoms with van der Waals surface area (Å²) < 4.78 is 4.98. The lowest BCUT2D eigenvalue weighted by atomic mass is 9.97. The predicted molar refractivity (Wildman–Crippen MR) is 87.2 cm³/mol. The van der Waals surface area contributed by atoms with Crippen molar-refractivity contribution in [3.63, 3.8) is 0 Å². The van der Waals surface area contributed by atoms with Gasteiger partial charge in [-0.2, -0.15) is 0 Å². The molecule has 2 atom stereocenters. The minimum absolute atomic E-state index is 0.170. The number of thiophene rings is 1. The van der Waals surface area contributed by atoms with Gasteiger partial charge in [-0.05, 0) is 44.6 Å². The quantitative estimate of drug-likeness (QED) is 0.831. The van der Waals surface area contributed by atoms with E-state index in [2.05, 4.69) is 5.32 Å². The fraction of sp³-hybridized carbons (Fsp3) is 0.562. The number of esters is 1. The molecule has 2 rings (SSSR count). The van der Waals surface area contributed by atoms with E-state index >= 15 is 0 Å². The van der Waals surface area contributed by atoms with Gasteiger partial charge in [0.2, 0.25) is 0 Å². The van der Waals surface area contributed by atoms with Crippen LogP contribution < -0.4 is 5.32 Å². The van der Waals surface area contributed by atoms with Crippen LogP contribution in [0.4, 0.5) is 0 Å². The first kappa shape index (κ1) is 17.5. The molecular formula is C16H22N2O4S. The molecule has 1 fully saturated rings. The monoisotopic (exact) mass is 338 g/mol. The van der Waals surface area contributed by atoms with E-state index in [9.17, 15) is 14.4 Å². The zero-order valence-corrected chi connectivity index (χ0v) is 14.2. The minimum atomic E-state index is -0.611. The second-order valence-electron chi connectivity index (χ2n) is 5.75. The molecule has 1 aromatic heterocycles. The van der Waals surface area contributed by atoms with Gasteiger partial charge in [0.25, 0.3) is 11.8 Å². The summed E-state index contributed by atoms with van der Waals surface area (Å²) >= 11 is 1.30. The number of rotatable bonds is 5. The van der Waals surface area contributed by atoms with Gasteiger partial charge in [-0.1, -0.05) is 6.07 Å². The second-order valence-corrected chi connectivity index (χ2v) is 6.70. The number of amides is 2. The summed E-state index contributed by atoms with van der Waals surface area (Å²) in [7, 11) is 0. The molecule has 1 aromatic rings. The molecule has 23 heavy (non-hydrogen) atoms. The van der Waals surface area contributed by atoms with Crippen LogP contribution in [0.5, 0.6) is 0 Å². The first-order chi connectivity index (χ1) is 11.0. The molecule has 2 amide bonds. The van der Waals surface area contributed by atoms with Crippen molar-refractivity contribution in [2.75, 3.05) is 13.2 Å². The third-order valence-corrected chi connectivity index (χ3v) is 4.85. The number of nitrogens with zero attached hydrogens (tertiary/aromatic N) is 1. The van der Waals surface area contributed by atoms with E-state index in [0.717, 1.165) is 19.3 Å². The molecule has 1 aliphatic heterocycles. The normalized spacial score (nSPS) is 20.9. The SMILES string of the molecule is C[C@H]1CCC[C@H](C)N1C(=O)COC(=O)CNC(=O)c1cccs1. The van der Waals surface area contributed by atoms with Gasteiger partial charge in [-0.15, -0.1) is 11.3 Å². The summed E-state index contributed by atoms with van der Waals surface area (Å²) in [6.07, 6.45) is 3.06. The van der Waals surface area contributed by atoms with E-state index in [1.807, 2.05) is 13.8 Å². The Labute approximate surface area is 139 Å². The number of likely N-dealkylation sites (tertiary alicyclic amines) is 1. The van der Waals surface area contributed by atoms with Crippen molar-refractivity contribution in [3.8, 4) is 0 Å². The minimum Gasteiger partial charge on any atom is -0.454 e. The highest BCUT2D eigenvalue weighted by Gasteiger charge is 2.29. The molecule has 1 N–H and O–H groups in total. The predicted octanol–water partition coefficient (Wildman–Crippen LogP) is 1.81. The van der Waals surface area contributed by atoms with Crippen molar-refractivity contribution in [1.29, 1.82) is 0 Å². The van der Waals surface area contributed by atoms with Gasteiger partial charge in [0.15, 0.2) is 6.61 Å². The summed E-state index contributed by atoms with van der Waals surface area (Å²) in [6.45, 7) is 3.50. The highest BCUT2D eigenvalue weighted by Crippen LogP contribution is 2.22. The fourth-order valence-electron chi connectivity index (χ4n) is 2.83. The van der Waals surface area contributed by atoms with Crippen LogP contribution in [0.2, 0.25) is 0 Å². The van der Waals surface area contributed by atoms with E-state index in [1.54, 1.807) is 22.4 Å². The average molecular weight is 338 g/mol. The number of piperidine rings is 1. The van der Waals surface area contributed by atoms with E-state index in [4.69, 9.17) is 4.74 Å². The molecule has 0 aliphatic carbocycles. The Morgan fingerprint density at radius 2 is 2.00 bits per heavy atom. The number of nitrogens with one attached hydrogen (secondary N) is 1. The zero-order chi connectivity index (χ0) is 16.8. The lowest BCUT2D eigenvalue weighted by molar-refractivity contribution is -0.154. The van der Waals surface area contributed by atoms with E-state index in [1.165, 1.54) is 11.3 Å². The molecule has 0 bridgehead atoms. The van der Waals surface area contributed by atoms with E-state index in [0.29, 0.717) is 4.88 Å². The molecule has 1 aliphatic rings. The largest absolute Gasteiger partial charge is 0.454 e. The maximum Gasteiger partial charge on any atom is 0.325 e. The Morgan fingerprint density at radius 3 is 2.61 bits per heavy atom. The molecule has 0 saturated carbocycles. The summed E-state index contributed by atoms with van der Waals surface area (Å²) in [5.41, 5.74) is 0. The van der Waals surface area contributed by atoms with Crippen molar-refractivity contribution in [2.45, 2.75) is 45.2 Å². The van der Waals surface area contributed by atoms with Gasteiger partial charge in [0, 0.05) is 12.1 Å². The summed E-state index contributed by atoms with van der Waals surface area (Å²) in [5, 5.41) is 4.26. The Morgan fingerprint density at radius 1 is 1.30 bits per heavy atom. The lowest BCUT2D eigenvalue weighted by Gasteiger charge is -2.38. The van der Waals surface area contributed by atoms with Gasteiger partial charge in [0.1, 0.15) is 6.54 Å². The number of hydrogen-bond acceptors (Lipinski definition) is 5. The highest BCUT2D eigenvalue weighted by molar-refractivity contribution is 7.12. The molecular weight excluding hydrogens is 316 g/mol. The van der Waals surface area contributed by atoms with Crippen LogP contribution in [-0.2, 0) is 14.3 Å². The zero-order valence-electron chi connectivity index (χ0n) is 13.4. The summed E-state index contributed by atoms with van der Waals surface area (Å²) in [5.74, 6) is -1.11. The van der Waals surface area contributed by atoms with Crippen LogP contribution in [-0.4, -0.2) is 47.9 Å². The Bertz CT molecular complexity index is 548. The van der Waals surface area contributed by atoms with Crippen molar-refractivity contribution >= 4 is 29.1 Å². The first-order valence-corrected chi connectivity index (χ1v) is 8.65. The van der Waals surface area contributed by atoms with Crippen molar-refractivity contribution in [1.82, 2.24) is 10.2 Å². The average Bonchev–Trinajstić information content (AvgIpc) is 3.05. The topological polar surface area (TPSA) is 75.7 Å². The van der Waals surface area contributed by atoms with Crippen molar-refractivity contribution in [2.24, 2.45) is 0 Å². The maximum absolute atomic E-state index is 12.2. The van der Waals surface area contributed by atoms with Crippen molar-refractivity contribution in [3.05, 3.63) is 22.4 Å². The third-order valence-electron chi connectivity index (χ3n) is 3.98. The van der Waals surface area contributed by atoms with Crippen LogP contribution in [0.25, 0.3) is 0 Å². The van der Waals surface area contributed by atoms with Crippen LogP contribution >= 0.6 is 11.3 Å². The molecule has 126 valence electrons. The molecule has 6 nitrogen and oxygen atoms in total. The van der Waals surface area contributed by atoms with Crippen LogP contribution in [0.15, 0.2) is 17.5 Å².